The predicted molar refractivity (Wildman–Crippen MR) is 59.6 cm³/mol. The van der Waals surface area contributed by atoms with Gasteiger partial charge in [0.1, 0.15) is 11.6 Å². The van der Waals surface area contributed by atoms with Gasteiger partial charge in [0, 0.05) is 5.57 Å². The van der Waals surface area contributed by atoms with Crippen LogP contribution in [0.15, 0.2) is 29.7 Å². The summed E-state index contributed by atoms with van der Waals surface area (Å²) in [6, 6.07) is 3.12. The summed E-state index contributed by atoms with van der Waals surface area (Å²) in [4.78, 5) is 0. The number of fused-ring (bicyclic) bond motifs is 1. The summed E-state index contributed by atoms with van der Waals surface area (Å²) >= 11 is 0. The molecule has 1 aromatic carbocycles. The van der Waals surface area contributed by atoms with Crippen LogP contribution in [0, 0.1) is 5.82 Å². The van der Waals surface area contributed by atoms with E-state index in [-0.39, 0.29) is 0 Å². The third kappa shape index (κ3) is 2.67. The molecule has 0 aliphatic carbocycles. The number of ether oxygens (including phenoxy) is 1. The van der Waals surface area contributed by atoms with Crippen LogP contribution in [-0.4, -0.2) is 13.9 Å². The van der Waals surface area contributed by atoms with Crippen LogP contribution in [-0.2, 0) is 14.3 Å². The quantitative estimate of drug-likeness (QED) is 0.474. The lowest BCUT2D eigenvalue weighted by Gasteiger charge is -2.24. The van der Waals surface area contributed by atoms with E-state index in [1.165, 1.54) is 0 Å². The first-order valence-corrected chi connectivity index (χ1v) is 6.77. The van der Waals surface area contributed by atoms with E-state index in [1.54, 1.807) is 0 Å². The molecule has 1 heterocycles. The molecule has 0 N–H and O–H groups in total. The molecule has 0 radical (unpaired) electrons. The zero-order valence-corrected chi connectivity index (χ0v) is 11.1. The number of benzene rings is 1. The van der Waals surface area contributed by atoms with Crippen molar-refractivity contribution in [3.05, 3.63) is 41.1 Å². The summed E-state index contributed by atoms with van der Waals surface area (Å²) in [5.41, 5.74) is -6.86. The van der Waals surface area contributed by atoms with Crippen molar-refractivity contribution >= 4 is 10.1 Å². The minimum Gasteiger partial charge on any atom is -0.425 e. The maximum absolute atomic E-state index is 14.0. The summed E-state index contributed by atoms with van der Waals surface area (Å²) in [6.07, 6.45) is -2.19. The number of hydrogen-bond acceptors (Lipinski definition) is 4. The van der Waals surface area contributed by atoms with Crippen molar-refractivity contribution in [2.45, 2.75) is 18.6 Å². The van der Waals surface area contributed by atoms with Crippen LogP contribution >= 0.6 is 0 Å². The van der Waals surface area contributed by atoms with Gasteiger partial charge in [-0.25, -0.2) is 8.78 Å². The normalized spacial score (nSPS) is 19.0. The van der Waals surface area contributed by atoms with Gasteiger partial charge < -0.3 is 8.92 Å². The first kappa shape index (κ1) is 15.5. The highest BCUT2D eigenvalue weighted by Gasteiger charge is 2.50. The molecule has 10 heteroatoms. The van der Waals surface area contributed by atoms with E-state index < -0.39 is 50.4 Å². The Labute approximate surface area is 115 Å². The van der Waals surface area contributed by atoms with Gasteiger partial charge in [-0.15, -0.1) is 0 Å². The highest BCUT2D eigenvalue weighted by Crippen LogP contribution is 2.42. The molecule has 116 valence electrons. The number of alkyl halides is 4. The van der Waals surface area contributed by atoms with E-state index in [1.807, 2.05) is 0 Å². The molecule has 0 saturated heterocycles. The molecule has 0 fully saturated rings. The van der Waals surface area contributed by atoms with Gasteiger partial charge in [0.15, 0.2) is 6.17 Å². The SMILES string of the molecule is CC1=C(OS(=O)(=O)C(F)(F)F)Oc2cccc(F)c2C1F. The summed E-state index contributed by atoms with van der Waals surface area (Å²) in [5.74, 6) is -2.62. The predicted octanol–water partition coefficient (Wildman–Crippen LogP) is 3.33. The van der Waals surface area contributed by atoms with Gasteiger partial charge in [-0.1, -0.05) is 6.07 Å². The molecule has 1 atom stereocenters. The fourth-order valence-corrected chi connectivity index (χ4v) is 2.04. The van der Waals surface area contributed by atoms with E-state index in [9.17, 15) is 30.4 Å². The van der Waals surface area contributed by atoms with Crippen molar-refractivity contribution in [2.24, 2.45) is 0 Å². The molecule has 2 rings (SSSR count). The largest absolute Gasteiger partial charge is 0.534 e. The molecule has 21 heavy (non-hydrogen) atoms. The van der Waals surface area contributed by atoms with Crippen molar-refractivity contribution < 1.29 is 39.3 Å². The lowest BCUT2D eigenvalue weighted by Crippen LogP contribution is -2.28. The summed E-state index contributed by atoms with van der Waals surface area (Å²) < 4.78 is 94.4. The summed E-state index contributed by atoms with van der Waals surface area (Å²) in [7, 11) is -6.01. The van der Waals surface area contributed by atoms with Crippen LogP contribution in [0.3, 0.4) is 0 Å². The second kappa shape index (κ2) is 4.86. The van der Waals surface area contributed by atoms with Crippen LogP contribution in [0.4, 0.5) is 22.0 Å². The monoisotopic (exact) mass is 330 g/mol. The van der Waals surface area contributed by atoms with E-state index in [0.717, 1.165) is 25.1 Å². The maximum Gasteiger partial charge on any atom is 0.534 e. The molecule has 0 aromatic heterocycles. The minimum absolute atomic E-state index is 0.458. The topological polar surface area (TPSA) is 52.6 Å². The van der Waals surface area contributed by atoms with Gasteiger partial charge >= 0.3 is 21.6 Å². The van der Waals surface area contributed by atoms with E-state index >= 15 is 0 Å². The van der Waals surface area contributed by atoms with Gasteiger partial charge in [-0.2, -0.15) is 21.6 Å². The van der Waals surface area contributed by atoms with E-state index in [4.69, 9.17) is 4.74 Å². The van der Waals surface area contributed by atoms with Crippen molar-refractivity contribution in [1.82, 2.24) is 0 Å². The molecule has 0 saturated carbocycles. The molecule has 4 nitrogen and oxygen atoms in total. The Hall–Kier alpha value is -1.84. The van der Waals surface area contributed by atoms with Crippen LogP contribution in [0.5, 0.6) is 5.75 Å². The molecule has 1 aromatic rings. The first-order valence-electron chi connectivity index (χ1n) is 5.36. The Kier molecular flexibility index (Phi) is 3.60. The van der Waals surface area contributed by atoms with Gasteiger partial charge in [0.2, 0.25) is 0 Å². The molecular formula is C11H7F5O4S. The molecule has 0 bridgehead atoms. The Bertz CT molecular complexity index is 708. The number of halogens is 5. The molecule has 1 aliphatic heterocycles. The lowest BCUT2D eigenvalue weighted by atomic mass is 10.0. The first-order chi connectivity index (χ1) is 9.54. The van der Waals surface area contributed by atoms with E-state index in [0.29, 0.717) is 0 Å². The lowest BCUT2D eigenvalue weighted by molar-refractivity contribution is -0.0545. The Balaban J connectivity index is 2.43. The molecule has 1 unspecified atom stereocenters. The van der Waals surface area contributed by atoms with Crippen LogP contribution < -0.4 is 4.74 Å². The molecule has 0 spiro atoms. The van der Waals surface area contributed by atoms with Crippen molar-refractivity contribution in [2.75, 3.05) is 0 Å². The molecular weight excluding hydrogens is 323 g/mol. The van der Waals surface area contributed by atoms with Gasteiger partial charge in [-0.05, 0) is 19.1 Å². The maximum atomic E-state index is 14.0. The molecule has 0 amide bonds. The number of rotatable bonds is 2. The zero-order chi connectivity index (χ0) is 16.0. The average Bonchev–Trinajstić information content (AvgIpc) is 2.33. The average molecular weight is 330 g/mol. The second-order valence-corrected chi connectivity index (χ2v) is 5.61. The van der Waals surface area contributed by atoms with Crippen molar-refractivity contribution in [1.29, 1.82) is 0 Å². The van der Waals surface area contributed by atoms with Crippen LogP contribution in [0.1, 0.15) is 18.7 Å². The standard InChI is InChI=1S/C11H7F5O4S/c1-5-9(13)8-6(12)3-2-4-7(8)19-10(5)20-21(17,18)11(14,15)16/h2-4,9H,1H3. The summed E-state index contributed by atoms with van der Waals surface area (Å²) in [5, 5.41) is 0. The Morgan fingerprint density at radius 1 is 1.29 bits per heavy atom. The zero-order valence-electron chi connectivity index (χ0n) is 10.2. The van der Waals surface area contributed by atoms with Crippen molar-refractivity contribution in [3.8, 4) is 5.75 Å². The number of allylic oxidation sites excluding steroid dienone is 1. The highest BCUT2D eigenvalue weighted by atomic mass is 32.2. The third-order valence-corrected chi connectivity index (χ3v) is 3.58. The third-order valence-electron chi connectivity index (χ3n) is 2.64. The van der Waals surface area contributed by atoms with Crippen LogP contribution in [0.2, 0.25) is 0 Å². The fourth-order valence-electron chi connectivity index (χ4n) is 1.58. The minimum atomic E-state index is -6.01. The second-order valence-electron chi connectivity index (χ2n) is 4.07. The van der Waals surface area contributed by atoms with E-state index in [2.05, 4.69) is 4.18 Å². The van der Waals surface area contributed by atoms with Crippen molar-refractivity contribution in [3.63, 3.8) is 0 Å². The fraction of sp³-hybridized carbons (Fsp3) is 0.273. The van der Waals surface area contributed by atoms with Gasteiger partial charge in [0.25, 0.3) is 0 Å². The highest BCUT2D eigenvalue weighted by molar-refractivity contribution is 7.87. The van der Waals surface area contributed by atoms with Crippen LogP contribution in [0.25, 0.3) is 0 Å². The van der Waals surface area contributed by atoms with Gasteiger partial charge in [0.05, 0.1) is 5.56 Å². The van der Waals surface area contributed by atoms with Gasteiger partial charge in [-0.3, -0.25) is 0 Å². The Morgan fingerprint density at radius 3 is 2.48 bits per heavy atom. The Morgan fingerprint density at radius 2 is 1.90 bits per heavy atom. The molecule has 1 aliphatic rings. The smallest absolute Gasteiger partial charge is 0.425 e. The number of hydrogen-bond donors (Lipinski definition) is 0. The summed E-state index contributed by atoms with van der Waals surface area (Å²) in [6.45, 7) is 0.932.